The average molecular weight is 269 g/mol. The largest absolute Gasteiger partial charge is 0.357 e. The second kappa shape index (κ2) is 6.70. The molecule has 0 saturated carbocycles. The van der Waals surface area contributed by atoms with Crippen molar-refractivity contribution in [1.29, 1.82) is 0 Å². The number of carbonyl (C=O) groups is 1. The standard InChI is InChI=1S/C16H19N3O/c1-3-19(4-2)15-14(11-8-12-17-15)16(20)18-13-9-6-5-7-10-13/h5-12H,3-4H2,1-2H3,(H,18,20). The van der Waals surface area contributed by atoms with E-state index in [9.17, 15) is 4.79 Å². The number of anilines is 2. The van der Waals surface area contributed by atoms with Gasteiger partial charge in [0.05, 0.1) is 5.56 Å². The van der Waals surface area contributed by atoms with Crippen molar-refractivity contribution in [3.05, 3.63) is 54.2 Å². The van der Waals surface area contributed by atoms with Crippen molar-refractivity contribution >= 4 is 17.4 Å². The molecule has 1 amide bonds. The predicted molar refractivity (Wildman–Crippen MR) is 82.2 cm³/mol. The van der Waals surface area contributed by atoms with Gasteiger partial charge in [0.25, 0.3) is 5.91 Å². The van der Waals surface area contributed by atoms with Crippen LogP contribution in [-0.4, -0.2) is 24.0 Å². The molecule has 104 valence electrons. The van der Waals surface area contributed by atoms with Gasteiger partial charge in [-0.3, -0.25) is 4.79 Å². The minimum absolute atomic E-state index is 0.133. The number of carbonyl (C=O) groups excluding carboxylic acids is 1. The lowest BCUT2D eigenvalue weighted by atomic mass is 10.2. The molecule has 0 fully saturated rings. The SMILES string of the molecule is CCN(CC)c1ncccc1C(=O)Nc1ccccc1. The molecule has 0 bridgehead atoms. The Morgan fingerprint density at radius 1 is 1.10 bits per heavy atom. The molecule has 20 heavy (non-hydrogen) atoms. The van der Waals surface area contributed by atoms with Gasteiger partial charge < -0.3 is 10.2 Å². The van der Waals surface area contributed by atoms with E-state index in [0.29, 0.717) is 5.56 Å². The highest BCUT2D eigenvalue weighted by Gasteiger charge is 2.15. The highest BCUT2D eigenvalue weighted by Crippen LogP contribution is 2.18. The quantitative estimate of drug-likeness (QED) is 0.906. The third kappa shape index (κ3) is 3.15. The van der Waals surface area contributed by atoms with E-state index in [2.05, 4.69) is 29.0 Å². The first-order valence-electron chi connectivity index (χ1n) is 6.82. The summed E-state index contributed by atoms with van der Waals surface area (Å²) in [6.07, 6.45) is 1.72. The smallest absolute Gasteiger partial charge is 0.259 e. The first-order chi connectivity index (χ1) is 9.76. The van der Waals surface area contributed by atoms with Crippen LogP contribution in [-0.2, 0) is 0 Å². The van der Waals surface area contributed by atoms with Crippen LogP contribution in [0.2, 0.25) is 0 Å². The van der Waals surface area contributed by atoms with E-state index in [-0.39, 0.29) is 5.91 Å². The van der Waals surface area contributed by atoms with Gasteiger partial charge in [-0.15, -0.1) is 0 Å². The fraction of sp³-hybridized carbons (Fsp3) is 0.250. The van der Waals surface area contributed by atoms with E-state index >= 15 is 0 Å². The van der Waals surface area contributed by atoms with Gasteiger partial charge in [0.1, 0.15) is 5.82 Å². The van der Waals surface area contributed by atoms with Crippen LogP contribution in [0.4, 0.5) is 11.5 Å². The van der Waals surface area contributed by atoms with Gasteiger partial charge in [-0.25, -0.2) is 4.98 Å². The van der Waals surface area contributed by atoms with Crippen molar-refractivity contribution in [2.24, 2.45) is 0 Å². The number of rotatable bonds is 5. The summed E-state index contributed by atoms with van der Waals surface area (Å²) in [6, 6.07) is 13.0. The zero-order valence-corrected chi connectivity index (χ0v) is 11.8. The van der Waals surface area contributed by atoms with Crippen molar-refractivity contribution < 1.29 is 4.79 Å². The Morgan fingerprint density at radius 2 is 1.80 bits per heavy atom. The van der Waals surface area contributed by atoms with Gasteiger partial charge in [-0.2, -0.15) is 0 Å². The Labute approximate surface area is 119 Å². The molecule has 0 aliphatic rings. The molecule has 4 nitrogen and oxygen atoms in total. The minimum Gasteiger partial charge on any atom is -0.357 e. The van der Waals surface area contributed by atoms with E-state index in [1.807, 2.05) is 30.3 Å². The summed E-state index contributed by atoms with van der Waals surface area (Å²) in [4.78, 5) is 18.8. The summed E-state index contributed by atoms with van der Waals surface area (Å²) in [5.41, 5.74) is 1.38. The molecule has 2 aromatic rings. The number of pyridine rings is 1. The summed E-state index contributed by atoms with van der Waals surface area (Å²) in [6.45, 7) is 5.74. The van der Waals surface area contributed by atoms with Gasteiger partial charge in [0.15, 0.2) is 0 Å². The van der Waals surface area contributed by atoms with Gasteiger partial charge in [0, 0.05) is 25.0 Å². The van der Waals surface area contributed by atoms with Crippen LogP contribution in [0.3, 0.4) is 0 Å². The van der Waals surface area contributed by atoms with Crippen LogP contribution in [0.5, 0.6) is 0 Å². The van der Waals surface area contributed by atoms with Crippen LogP contribution in [0, 0.1) is 0 Å². The summed E-state index contributed by atoms with van der Waals surface area (Å²) in [5.74, 6) is 0.595. The second-order valence-electron chi connectivity index (χ2n) is 4.37. The Bertz CT molecular complexity index is 565. The Hall–Kier alpha value is -2.36. The van der Waals surface area contributed by atoms with Gasteiger partial charge >= 0.3 is 0 Å². The van der Waals surface area contributed by atoms with E-state index in [0.717, 1.165) is 24.6 Å². The third-order valence-electron chi connectivity index (χ3n) is 3.13. The number of amides is 1. The van der Waals surface area contributed by atoms with E-state index in [1.165, 1.54) is 0 Å². The molecule has 1 heterocycles. The highest BCUT2D eigenvalue weighted by atomic mass is 16.1. The molecule has 0 aliphatic heterocycles. The number of hydrogen-bond acceptors (Lipinski definition) is 3. The normalized spacial score (nSPS) is 10.1. The third-order valence-corrected chi connectivity index (χ3v) is 3.13. The maximum Gasteiger partial charge on any atom is 0.259 e. The predicted octanol–water partition coefficient (Wildman–Crippen LogP) is 3.18. The Balaban J connectivity index is 2.26. The van der Waals surface area contributed by atoms with Gasteiger partial charge in [-0.05, 0) is 38.1 Å². The van der Waals surface area contributed by atoms with Gasteiger partial charge in [-0.1, -0.05) is 18.2 Å². The number of nitrogens with one attached hydrogen (secondary N) is 1. The lowest BCUT2D eigenvalue weighted by Gasteiger charge is -2.22. The second-order valence-corrected chi connectivity index (χ2v) is 4.37. The minimum atomic E-state index is -0.133. The molecule has 0 saturated heterocycles. The number of aromatic nitrogens is 1. The maximum atomic E-state index is 12.4. The topological polar surface area (TPSA) is 45.2 Å². The van der Waals surface area contributed by atoms with Crippen LogP contribution < -0.4 is 10.2 Å². The number of nitrogens with zero attached hydrogens (tertiary/aromatic N) is 2. The zero-order chi connectivity index (χ0) is 14.4. The van der Waals surface area contributed by atoms with Crippen LogP contribution in [0.25, 0.3) is 0 Å². The van der Waals surface area contributed by atoms with Crippen molar-refractivity contribution in [1.82, 2.24) is 4.98 Å². The molecule has 0 atom stereocenters. The molecule has 0 spiro atoms. The number of benzene rings is 1. The van der Waals surface area contributed by atoms with Crippen LogP contribution in [0.15, 0.2) is 48.7 Å². The molecule has 1 N–H and O–H groups in total. The molecule has 1 aromatic carbocycles. The first kappa shape index (κ1) is 14.1. The molecule has 1 aromatic heterocycles. The summed E-state index contributed by atoms with van der Waals surface area (Å²) in [5, 5.41) is 2.90. The Kier molecular flexibility index (Phi) is 4.71. The molecule has 0 aliphatic carbocycles. The van der Waals surface area contributed by atoms with E-state index in [4.69, 9.17) is 0 Å². The van der Waals surface area contributed by atoms with E-state index in [1.54, 1.807) is 18.3 Å². The highest BCUT2D eigenvalue weighted by molar-refractivity contribution is 6.07. The molecule has 2 rings (SSSR count). The molecule has 0 radical (unpaired) electrons. The summed E-state index contributed by atoms with van der Waals surface area (Å²) in [7, 11) is 0. The summed E-state index contributed by atoms with van der Waals surface area (Å²) >= 11 is 0. The molecular weight excluding hydrogens is 250 g/mol. The van der Waals surface area contributed by atoms with Crippen molar-refractivity contribution in [2.75, 3.05) is 23.3 Å². The summed E-state index contributed by atoms with van der Waals surface area (Å²) < 4.78 is 0. The van der Waals surface area contributed by atoms with E-state index < -0.39 is 0 Å². The van der Waals surface area contributed by atoms with Gasteiger partial charge in [0.2, 0.25) is 0 Å². The monoisotopic (exact) mass is 269 g/mol. The molecule has 4 heteroatoms. The van der Waals surface area contributed by atoms with Crippen molar-refractivity contribution in [3.63, 3.8) is 0 Å². The molecule has 0 unspecified atom stereocenters. The van der Waals surface area contributed by atoms with Crippen LogP contribution >= 0.6 is 0 Å². The molecular formula is C16H19N3O. The lowest BCUT2D eigenvalue weighted by Crippen LogP contribution is -2.26. The fourth-order valence-electron chi connectivity index (χ4n) is 2.07. The first-order valence-corrected chi connectivity index (χ1v) is 6.82. The maximum absolute atomic E-state index is 12.4. The van der Waals surface area contributed by atoms with Crippen LogP contribution in [0.1, 0.15) is 24.2 Å². The fourth-order valence-corrected chi connectivity index (χ4v) is 2.07. The number of hydrogen-bond donors (Lipinski definition) is 1. The number of para-hydroxylation sites is 1. The Morgan fingerprint density at radius 3 is 2.45 bits per heavy atom. The lowest BCUT2D eigenvalue weighted by molar-refractivity contribution is 0.102. The van der Waals surface area contributed by atoms with Crippen molar-refractivity contribution in [3.8, 4) is 0 Å². The zero-order valence-electron chi connectivity index (χ0n) is 11.8. The van der Waals surface area contributed by atoms with Crippen molar-refractivity contribution in [2.45, 2.75) is 13.8 Å². The average Bonchev–Trinajstić information content (AvgIpc) is 2.50.